The lowest BCUT2D eigenvalue weighted by Gasteiger charge is -2.16. The van der Waals surface area contributed by atoms with Gasteiger partial charge in [0.25, 0.3) is 0 Å². The Kier molecular flexibility index (Phi) is 3.82. The van der Waals surface area contributed by atoms with Crippen LogP contribution in [-0.4, -0.2) is 16.7 Å². The molecule has 0 radical (unpaired) electrons. The zero-order valence-corrected chi connectivity index (χ0v) is 11.3. The molecule has 2 aromatic rings. The highest BCUT2D eigenvalue weighted by molar-refractivity contribution is 6.31. The first-order valence-corrected chi connectivity index (χ1v) is 6.29. The number of hydrogen-bond acceptors (Lipinski definition) is 3. The van der Waals surface area contributed by atoms with E-state index in [4.69, 9.17) is 17.0 Å². The number of anilines is 1. The van der Waals surface area contributed by atoms with Crippen LogP contribution < -0.4 is 5.32 Å². The maximum atomic E-state index is 7.51. The van der Waals surface area contributed by atoms with Gasteiger partial charge in [0.15, 0.2) is 0 Å². The van der Waals surface area contributed by atoms with Crippen molar-refractivity contribution in [3.05, 3.63) is 35.5 Å². The van der Waals surface area contributed by atoms with Gasteiger partial charge in [0.05, 0.1) is 5.52 Å². The number of rotatable bonds is 4. The van der Waals surface area contributed by atoms with Crippen molar-refractivity contribution in [2.24, 2.45) is 0 Å². The van der Waals surface area contributed by atoms with Gasteiger partial charge in [-0.2, -0.15) is 0 Å². The van der Waals surface area contributed by atoms with Crippen LogP contribution in [0.4, 0.5) is 5.69 Å². The zero-order chi connectivity index (χ0) is 13.1. The first kappa shape index (κ1) is 12.8. The maximum Gasteiger partial charge on any atom is 0.0737 e. The molecule has 0 spiro atoms. The number of nitrogens with one attached hydrogen (secondary N) is 2. The van der Waals surface area contributed by atoms with Crippen molar-refractivity contribution >= 4 is 33.9 Å². The Balaban J connectivity index is 2.30. The first-order valence-electron chi connectivity index (χ1n) is 5.91. The molecule has 0 aliphatic carbocycles. The fraction of sp³-hybridized carbons (Fsp3) is 0.286. The zero-order valence-electron chi connectivity index (χ0n) is 10.5. The van der Waals surface area contributed by atoms with E-state index in [0.29, 0.717) is 10.7 Å². The maximum absolute atomic E-state index is 7.51. The predicted molar refractivity (Wildman–Crippen MR) is 77.9 cm³/mol. The summed E-state index contributed by atoms with van der Waals surface area (Å²) >= 11 is 5.96. The van der Waals surface area contributed by atoms with E-state index in [0.717, 1.165) is 23.0 Å². The summed E-state index contributed by atoms with van der Waals surface area (Å²) in [6.07, 6.45) is 2.50. The molecule has 2 N–H and O–H groups in total. The fourth-order valence-corrected chi connectivity index (χ4v) is 2.19. The molecule has 3 nitrogen and oxygen atoms in total. The minimum absolute atomic E-state index is 0.226. The van der Waals surface area contributed by atoms with Crippen molar-refractivity contribution in [3.8, 4) is 0 Å². The third kappa shape index (κ3) is 2.99. The summed E-state index contributed by atoms with van der Waals surface area (Å²) in [5.41, 5.74) is 2.59. The van der Waals surface area contributed by atoms with Crippen molar-refractivity contribution in [3.63, 3.8) is 0 Å². The van der Waals surface area contributed by atoms with Crippen molar-refractivity contribution < 1.29 is 0 Å². The van der Waals surface area contributed by atoms with Crippen molar-refractivity contribution in [2.45, 2.75) is 26.3 Å². The highest BCUT2D eigenvalue weighted by Crippen LogP contribution is 2.25. The molecule has 0 aliphatic heterocycles. The van der Waals surface area contributed by atoms with Crippen LogP contribution in [0, 0.1) is 5.41 Å². The summed E-state index contributed by atoms with van der Waals surface area (Å²) in [6, 6.07) is 7.87. The van der Waals surface area contributed by atoms with Gasteiger partial charge in [-0.1, -0.05) is 11.6 Å². The van der Waals surface area contributed by atoms with E-state index in [1.807, 2.05) is 31.2 Å². The summed E-state index contributed by atoms with van der Waals surface area (Å²) in [5, 5.41) is 12.7. The topological polar surface area (TPSA) is 48.8 Å². The van der Waals surface area contributed by atoms with Gasteiger partial charge in [-0.15, -0.1) is 0 Å². The smallest absolute Gasteiger partial charge is 0.0737 e. The molecule has 1 aromatic heterocycles. The molecular formula is C14H16ClN3. The van der Waals surface area contributed by atoms with Crippen LogP contribution in [0.1, 0.15) is 20.3 Å². The van der Waals surface area contributed by atoms with Crippen LogP contribution >= 0.6 is 11.6 Å². The Morgan fingerprint density at radius 2 is 2.22 bits per heavy atom. The minimum atomic E-state index is 0.226. The van der Waals surface area contributed by atoms with Crippen LogP contribution in [-0.2, 0) is 0 Å². The van der Waals surface area contributed by atoms with Crippen LogP contribution in [0.25, 0.3) is 10.9 Å². The van der Waals surface area contributed by atoms with Gasteiger partial charge in [-0.3, -0.25) is 4.98 Å². The number of hydrogen-bond donors (Lipinski definition) is 2. The molecule has 0 aliphatic rings. The van der Waals surface area contributed by atoms with Crippen molar-refractivity contribution in [1.82, 2.24) is 4.98 Å². The number of pyridine rings is 1. The van der Waals surface area contributed by atoms with Gasteiger partial charge in [0.1, 0.15) is 0 Å². The molecule has 0 bridgehead atoms. The SMILES string of the molecule is CC(=N)CC(C)Nc1ccnc2cc(Cl)ccc12. The van der Waals surface area contributed by atoms with Gasteiger partial charge < -0.3 is 10.7 Å². The second kappa shape index (κ2) is 5.36. The fourth-order valence-electron chi connectivity index (χ4n) is 2.02. The number of aromatic nitrogens is 1. The number of benzene rings is 1. The average molecular weight is 262 g/mol. The van der Waals surface area contributed by atoms with Gasteiger partial charge in [-0.25, -0.2) is 0 Å². The monoisotopic (exact) mass is 261 g/mol. The molecule has 1 atom stereocenters. The van der Waals surface area contributed by atoms with Crippen molar-refractivity contribution in [1.29, 1.82) is 5.41 Å². The van der Waals surface area contributed by atoms with E-state index in [2.05, 4.69) is 17.2 Å². The van der Waals surface area contributed by atoms with Gasteiger partial charge in [-0.05, 0) is 38.1 Å². The summed E-state index contributed by atoms with van der Waals surface area (Å²) in [4.78, 5) is 4.30. The molecule has 2 rings (SSSR count). The summed E-state index contributed by atoms with van der Waals surface area (Å²) in [7, 11) is 0. The Bertz CT molecular complexity index is 580. The third-order valence-electron chi connectivity index (χ3n) is 2.72. The molecule has 1 unspecified atom stereocenters. The average Bonchev–Trinajstić information content (AvgIpc) is 2.27. The number of fused-ring (bicyclic) bond motifs is 1. The van der Waals surface area contributed by atoms with E-state index >= 15 is 0 Å². The lowest BCUT2D eigenvalue weighted by Crippen LogP contribution is -2.18. The molecule has 94 valence electrons. The summed E-state index contributed by atoms with van der Waals surface area (Å²) < 4.78 is 0. The predicted octanol–water partition coefficient (Wildman–Crippen LogP) is 4.12. The van der Waals surface area contributed by atoms with E-state index in [1.165, 1.54) is 0 Å². The Morgan fingerprint density at radius 3 is 2.94 bits per heavy atom. The highest BCUT2D eigenvalue weighted by Gasteiger charge is 2.07. The van der Waals surface area contributed by atoms with Crippen LogP contribution in [0.5, 0.6) is 0 Å². The highest BCUT2D eigenvalue weighted by atomic mass is 35.5. The molecule has 1 heterocycles. The standard InChI is InChI=1S/C14H16ClN3/c1-9(16)7-10(2)18-13-5-6-17-14-8-11(15)3-4-12(13)14/h3-6,8,10,16H,7H2,1-2H3,(H,17,18). The lowest BCUT2D eigenvalue weighted by atomic mass is 10.1. The summed E-state index contributed by atoms with van der Waals surface area (Å²) in [6.45, 7) is 3.89. The van der Waals surface area contributed by atoms with Crippen molar-refractivity contribution in [2.75, 3.05) is 5.32 Å². The Hall–Kier alpha value is -1.61. The molecule has 18 heavy (non-hydrogen) atoms. The third-order valence-corrected chi connectivity index (χ3v) is 2.95. The van der Waals surface area contributed by atoms with E-state index in [-0.39, 0.29) is 6.04 Å². The van der Waals surface area contributed by atoms with Gasteiger partial charge in [0, 0.05) is 40.5 Å². The second-order valence-electron chi connectivity index (χ2n) is 4.55. The molecular weight excluding hydrogens is 246 g/mol. The Morgan fingerprint density at radius 1 is 1.44 bits per heavy atom. The molecule has 4 heteroatoms. The second-order valence-corrected chi connectivity index (χ2v) is 4.99. The Labute approximate surface area is 112 Å². The van der Waals surface area contributed by atoms with Crippen LogP contribution in [0.15, 0.2) is 30.5 Å². The number of nitrogens with zero attached hydrogens (tertiary/aromatic N) is 1. The molecule has 1 aromatic carbocycles. The largest absolute Gasteiger partial charge is 0.382 e. The van der Waals surface area contributed by atoms with Crippen LogP contribution in [0.3, 0.4) is 0 Å². The van der Waals surface area contributed by atoms with E-state index in [9.17, 15) is 0 Å². The van der Waals surface area contributed by atoms with Gasteiger partial charge in [0.2, 0.25) is 0 Å². The van der Waals surface area contributed by atoms with E-state index < -0.39 is 0 Å². The number of halogens is 1. The van der Waals surface area contributed by atoms with E-state index in [1.54, 1.807) is 6.20 Å². The minimum Gasteiger partial charge on any atom is -0.382 e. The normalized spacial score (nSPS) is 12.4. The summed E-state index contributed by atoms with van der Waals surface area (Å²) in [5.74, 6) is 0. The molecule has 0 amide bonds. The molecule has 0 saturated carbocycles. The molecule has 0 fully saturated rings. The van der Waals surface area contributed by atoms with Crippen LogP contribution in [0.2, 0.25) is 5.02 Å². The first-order chi connectivity index (χ1) is 8.56. The quantitative estimate of drug-likeness (QED) is 0.814. The van der Waals surface area contributed by atoms with Gasteiger partial charge >= 0.3 is 0 Å². The lowest BCUT2D eigenvalue weighted by molar-refractivity contribution is 0.833. The molecule has 0 saturated heterocycles.